The van der Waals surface area contributed by atoms with Crippen molar-refractivity contribution in [1.82, 2.24) is 14.8 Å². The van der Waals surface area contributed by atoms with Gasteiger partial charge in [-0.15, -0.1) is 0 Å². The van der Waals surface area contributed by atoms with Crippen LogP contribution < -0.4 is 10.6 Å². The Balaban J connectivity index is 1.37. The van der Waals surface area contributed by atoms with Gasteiger partial charge in [0, 0.05) is 44.1 Å². The highest BCUT2D eigenvalue weighted by atomic mass is 35.5. The van der Waals surface area contributed by atoms with E-state index in [1.807, 2.05) is 18.2 Å². The molecule has 8 nitrogen and oxygen atoms in total. The van der Waals surface area contributed by atoms with Gasteiger partial charge in [-0.05, 0) is 36.5 Å². The third-order valence-electron chi connectivity index (χ3n) is 7.33. The number of likely N-dealkylation sites (tertiary alicyclic amines) is 1. The number of amides is 3. The molecule has 194 valence electrons. The summed E-state index contributed by atoms with van der Waals surface area (Å²) in [6, 6.07) is 10.6. The zero-order valence-electron chi connectivity index (χ0n) is 20.5. The van der Waals surface area contributed by atoms with Crippen LogP contribution >= 0.6 is 11.6 Å². The second-order valence-electron chi connectivity index (χ2n) is 9.60. The summed E-state index contributed by atoms with van der Waals surface area (Å²) >= 11 is 5.97. The van der Waals surface area contributed by atoms with Crippen molar-refractivity contribution in [3.05, 3.63) is 65.1 Å². The number of rotatable bonds is 7. The number of urea groups is 1. The van der Waals surface area contributed by atoms with Crippen molar-refractivity contribution >= 4 is 46.0 Å². The van der Waals surface area contributed by atoms with Crippen LogP contribution in [0.4, 0.5) is 19.7 Å². The van der Waals surface area contributed by atoms with Crippen LogP contribution in [0.3, 0.4) is 0 Å². The molecule has 1 saturated heterocycles. The van der Waals surface area contributed by atoms with Crippen LogP contribution in [-0.4, -0.2) is 60.2 Å². The van der Waals surface area contributed by atoms with Crippen molar-refractivity contribution in [2.75, 3.05) is 26.1 Å². The fourth-order valence-electron chi connectivity index (χ4n) is 5.46. The van der Waals surface area contributed by atoms with Gasteiger partial charge in [0.25, 0.3) is 0 Å². The molecule has 5 rings (SSSR count). The lowest BCUT2D eigenvalue weighted by Gasteiger charge is -2.28. The van der Waals surface area contributed by atoms with Crippen LogP contribution in [0.15, 0.2) is 48.7 Å². The molecule has 1 saturated carbocycles. The van der Waals surface area contributed by atoms with Crippen molar-refractivity contribution in [3.63, 3.8) is 0 Å². The smallest absolute Gasteiger partial charge is 0.325 e. The number of para-hydroxylation sites is 1. The summed E-state index contributed by atoms with van der Waals surface area (Å²) in [6.07, 6.45) is 3.03. The molecule has 0 bridgehead atoms. The van der Waals surface area contributed by atoms with Crippen molar-refractivity contribution in [2.24, 2.45) is 5.92 Å². The normalized spacial score (nSPS) is 21.0. The van der Waals surface area contributed by atoms with Gasteiger partial charge in [-0.2, -0.15) is 0 Å². The molecule has 2 N–H and O–H groups in total. The van der Waals surface area contributed by atoms with Crippen LogP contribution in [0, 0.1) is 11.7 Å². The highest BCUT2D eigenvalue weighted by Crippen LogP contribution is 2.49. The lowest BCUT2D eigenvalue weighted by Crippen LogP contribution is -2.45. The van der Waals surface area contributed by atoms with Gasteiger partial charge in [0.05, 0.1) is 28.9 Å². The SMILES string of the molecule is CNC(=O)n1cc(NC(=O)N2[C@@H]3C[C@@H]3C[C@H]2C(=O)C[C@H](COC)c2cccc(Cl)c2F)c2ccccc21. The summed E-state index contributed by atoms with van der Waals surface area (Å²) < 4.78 is 21.4. The number of methoxy groups -OCH3 is 1. The van der Waals surface area contributed by atoms with Crippen LogP contribution in [0.25, 0.3) is 10.9 Å². The highest BCUT2D eigenvalue weighted by Gasteiger charge is 2.56. The molecule has 2 aliphatic rings. The zero-order chi connectivity index (χ0) is 26.3. The zero-order valence-corrected chi connectivity index (χ0v) is 21.3. The molecule has 2 fully saturated rings. The van der Waals surface area contributed by atoms with Gasteiger partial charge in [-0.1, -0.05) is 41.9 Å². The minimum absolute atomic E-state index is 0.00918. The van der Waals surface area contributed by atoms with Gasteiger partial charge < -0.3 is 20.3 Å². The summed E-state index contributed by atoms with van der Waals surface area (Å²) in [5.74, 6) is -0.953. The molecule has 10 heteroatoms. The van der Waals surface area contributed by atoms with E-state index in [0.29, 0.717) is 28.6 Å². The number of aromatic nitrogens is 1. The maximum Gasteiger partial charge on any atom is 0.325 e. The van der Waals surface area contributed by atoms with Crippen LogP contribution in [0.1, 0.15) is 30.7 Å². The predicted octanol–water partition coefficient (Wildman–Crippen LogP) is 5.01. The molecule has 1 aliphatic carbocycles. The lowest BCUT2D eigenvalue weighted by molar-refractivity contribution is -0.123. The first-order valence-electron chi connectivity index (χ1n) is 12.2. The number of halogens is 2. The number of ether oxygens (including phenoxy) is 1. The summed E-state index contributed by atoms with van der Waals surface area (Å²) in [5.41, 5.74) is 1.46. The Morgan fingerprint density at radius 3 is 2.68 bits per heavy atom. The summed E-state index contributed by atoms with van der Waals surface area (Å²) in [7, 11) is 3.04. The lowest BCUT2D eigenvalue weighted by atomic mass is 9.90. The number of fused-ring (bicyclic) bond motifs is 2. The third kappa shape index (κ3) is 4.69. The number of benzene rings is 2. The van der Waals surface area contributed by atoms with E-state index in [-0.39, 0.29) is 47.9 Å². The average Bonchev–Trinajstić information content (AvgIpc) is 3.40. The van der Waals surface area contributed by atoms with E-state index in [1.54, 1.807) is 29.3 Å². The number of nitrogens with zero attached hydrogens (tertiary/aromatic N) is 2. The molecule has 1 aliphatic heterocycles. The molecular weight excluding hydrogens is 499 g/mol. The summed E-state index contributed by atoms with van der Waals surface area (Å²) in [6.45, 7) is 0.147. The van der Waals surface area contributed by atoms with Crippen molar-refractivity contribution in [3.8, 4) is 0 Å². The molecular formula is C27H28ClFN4O4. The Labute approximate surface area is 218 Å². The van der Waals surface area contributed by atoms with Gasteiger partial charge in [0.1, 0.15) is 5.82 Å². The van der Waals surface area contributed by atoms with E-state index < -0.39 is 17.8 Å². The van der Waals surface area contributed by atoms with E-state index in [2.05, 4.69) is 10.6 Å². The molecule has 2 heterocycles. The third-order valence-corrected chi connectivity index (χ3v) is 7.63. The number of carbonyl (C=O) groups excluding carboxylic acids is 3. The number of hydrogen-bond donors (Lipinski definition) is 2. The monoisotopic (exact) mass is 526 g/mol. The van der Waals surface area contributed by atoms with Gasteiger partial charge in [0.2, 0.25) is 0 Å². The van der Waals surface area contributed by atoms with Gasteiger partial charge in [0.15, 0.2) is 5.78 Å². The van der Waals surface area contributed by atoms with E-state index >= 15 is 0 Å². The maximum absolute atomic E-state index is 14.7. The number of ketones is 1. The molecule has 3 aromatic rings. The molecule has 37 heavy (non-hydrogen) atoms. The fourth-order valence-corrected chi connectivity index (χ4v) is 5.64. The first-order chi connectivity index (χ1) is 17.8. The van der Waals surface area contributed by atoms with Crippen LogP contribution in [0.5, 0.6) is 0 Å². The van der Waals surface area contributed by atoms with Crippen molar-refractivity contribution in [2.45, 2.75) is 37.3 Å². The van der Waals surface area contributed by atoms with E-state index in [1.165, 1.54) is 24.8 Å². The quantitative estimate of drug-likeness (QED) is 0.453. The minimum atomic E-state index is -0.613. The molecule has 0 unspecified atom stereocenters. The minimum Gasteiger partial charge on any atom is -0.384 e. The number of carbonyl (C=O) groups is 3. The van der Waals surface area contributed by atoms with E-state index in [9.17, 15) is 18.8 Å². The molecule has 0 spiro atoms. The predicted molar refractivity (Wildman–Crippen MR) is 139 cm³/mol. The largest absolute Gasteiger partial charge is 0.384 e. The Morgan fingerprint density at radius 1 is 1.14 bits per heavy atom. The number of Topliss-reactive ketones (excluding diaryl/α,β-unsaturated/α-hetero) is 1. The van der Waals surface area contributed by atoms with Gasteiger partial charge in [-0.25, -0.2) is 14.0 Å². The number of anilines is 1. The van der Waals surface area contributed by atoms with Crippen molar-refractivity contribution in [1.29, 1.82) is 0 Å². The first kappa shape index (κ1) is 25.2. The molecule has 2 aromatic carbocycles. The standard InChI is InChI=1S/C27H28ClFN4O4/c1-30-26(35)32-13-20(18-6-3-4-9-21(18)32)31-27(36)33-22-10-15(22)11-23(33)24(34)12-16(14-37-2)17-7-5-8-19(28)25(17)29/h3-9,13,15-16,22-23H,10-12,14H2,1-2H3,(H,30,35)(H,31,36)/t15-,16-,22-,23+/m1/s1. The second kappa shape index (κ2) is 10.1. The van der Waals surface area contributed by atoms with Crippen LogP contribution in [0.2, 0.25) is 5.02 Å². The van der Waals surface area contributed by atoms with Crippen molar-refractivity contribution < 1.29 is 23.5 Å². The Morgan fingerprint density at radius 2 is 1.92 bits per heavy atom. The number of piperidine rings is 1. The summed E-state index contributed by atoms with van der Waals surface area (Å²) in [4.78, 5) is 40.9. The highest BCUT2D eigenvalue weighted by molar-refractivity contribution is 6.30. The van der Waals surface area contributed by atoms with E-state index in [0.717, 1.165) is 6.42 Å². The molecule has 4 atom stereocenters. The number of hydrogen-bond acceptors (Lipinski definition) is 4. The Bertz CT molecular complexity index is 1380. The topological polar surface area (TPSA) is 92.7 Å². The molecule has 0 radical (unpaired) electrons. The van der Waals surface area contributed by atoms with E-state index in [4.69, 9.17) is 16.3 Å². The van der Waals surface area contributed by atoms with Gasteiger partial charge in [-0.3, -0.25) is 9.36 Å². The summed E-state index contributed by atoms with van der Waals surface area (Å²) in [5, 5.41) is 6.22. The Hall–Kier alpha value is -3.43. The molecule has 1 aromatic heterocycles. The Kier molecular flexibility index (Phi) is 6.92. The fraction of sp³-hybridized carbons (Fsp3) is 0.370. The first-order valence-corrected chi connectivity index (χ1v) is 12.6. The molecule has 3 amide bonds. The van der Waals surface area contributed by atoms with Gasteiger partial charge >= 0.3 is 12.1 Å². The maximum atomic E-state index is 14.7. The second-order valence-corrected chi connectivity index (χ2v) is 10.0. The average molecular weight is 527 g/mol. The number of nitrogens with one attached hydrogen (secondary N) is 2. The van der Waals surface area contributed by atoms with Crippen LogP contribution in [-0.2, 0) is 9.53 Å².